The van der Waals surface area contributed by atoms with Gasteiger partial charge in [-0.25, -0.2) is 9.59 Å². The number of aryl methyl sites for hydroxylation is 1. The van der Waals surface area contributed by atoms with Crippen molar-refractivity contribution in [3.8, 4) is 0 Å². The molecular formula is C35H26N2O6. The van der Waals surface area contributed by atoms with Gasteiger partial charge in [0.1, 0.15) is 6.61 Å². The molecule has 0 radical (unpaired) electrons. The lowest BCUT2D eigenvalue weighted by molar-refractivity contribution is 0.0472. The quantitative estimate of drug-likeness (QED) is 0.162. The van der Waals surface area contributed by atoms with Gasteiger partial charge in [0.15, 0.2) is 0 Å². The minimum atomic E-state index is -0.604. The van der Waals surface area contributed by atoms with Gasteiger partial charge in [0, 0.05) is 40.1 Å². The third-order valence-corrected chi connectivity index (χ3v) is 7.24. The third kappa shape index (κ3) is 5.34. The van der Waals surface area contributed by atoms with Crippen molar-refractivity contribution in [1.82, 2.24) is 8.80 Å². The largest absolute Gasteiger partial charge is 0.465 e. The number of rotatable bonds is 8. The Morgan fingerprint density at radius 1 is 0.628 bits per heavy atom. The smallest absolute Gasteiger partial charge is 0.338 e. The Morgan fingerprint density at radius 2 is 1.26 bits per heavy atom. The molecule has 4 aromatic heterocycles. The molecule has 6 aromatic rings. The second-order valence-electron chi connectivity index (χ2n) is 10.2. The highest BCUT2D eigenvalue weighted by molar-refractivity contribution is 6.10. The Hall–Kier alpha value is -5.76. The van der Waals surface area contributed by atoms with Crippen LogP contribution in [0.1, 0.15) is 63.9 Å². The van der Waals surface area contributed by atoms with Gasteiger partial charge >= 0.3 is 11.9 Å². The summed E-state index contributed by atoms with van der Waals surface area (Å²) in [5, 5.41) is 0. The molecule has 0 N–H and O–H groups in total. The van der Waals surface area contributed by atoms with Gasteiger partial charge in [0.05, 0.1) is 29.6 Å². The lowest BCUT2D eigenvalue weighted by Crippen LogP contribution is -2.12. The van der Waals surface area contributed by atoms with Crippen molar-refractivity contribution in [2.24, 2.45) is 0 Å². The van der Waals surface area contributed by atoms with Crippen molar-refractivity contribution >= 4 is 34.5 Å². The Balaban J connectivity index is 1.30. The van der Waals surface area contributed by atoms with E-state index in [1.165, 1.54) is 19.2 Å². The summed E-state index contributed by atoms with van der Waals surface area (Å²) in [5.41, 5.74) is 4.93. The molecular weight excluding hydrogens is 544 g/mol. The van der Waals surface area contributed by atoms with Crippen molar-refractivity contribution in [3.05, 3.63) is 154 Å². The van der Waals surface area contributed by atoms with E-state index in [1.54, 1.807) is 81.9 Å². The Morgan fingerprint density at radius 3 is 1.95 bits per heavy atom. The molecule has 0 aliphatic heterocycles. The van der Waals surface area contributed by atoms with Crippen LogP contribution in [0.3, 0.4) is 0 Å². The maximum absolute atomic E-state index is 13.4. The van der Waals surface area contributed by atoms with E-state index < -0.39 is 11.9 Å². The molecule has 8 nitrogen and oxygen atoms in total. The number of hydrogen-bond acceptors (Lipinski definition) is 6. The topological polar surface area (TPSA) is 95.6 Å². The predicted molar refractivity (Wildman–Crippen MR) is 160 cm³/mol. The summed E-state index contributed by atoms with van der Waals surface area (Å²) in [5.74, 6) is -1.67. The van der Waals surface area contributed by atoms with Crippen LogP contribution in [0, 0.1) is 6.92 Å². The first kappa shape index (κ1) is 27.4. The maximum atomic E-state index is 13.4. The van der Waals surface area contributed by atoms with Gasteiger partial charge < -0.3 is 18.3 Å². The molecule has 0 amide bonds. The minimum Gasteiger partial charge on any atom is -0.465 e. The van der Waals surface area contributed by atoms with Crippen molar-refractivity contribution < 1.29 is 28.7 Å². The van der Waals surface area contributed by atoms with E-state index in [0.717, 1.165) is 5.56 Å². The van der Waals surface area contributed by atoms with Gasteiger partial charge in [0.25, 0.3) is 0 Å². The molecule has 0 fully saturated rings. The number of fused-ring (bicyclic) bond motifs is 2. The van der Waals surface area contributed by atoms with Crippen LogP contribution in [0.15, 0.2) is 109 Å². The zero-order valence-electron chi connectivity index (χ0n) is 23.4. The van der Waals surface area contributed by atoms with Crippen molar-refractivity contribution in [2.75, 3.05) is 7.11 Å². The van der Waals surface area contributed by atoms with Gasteiger partial charge in [0.2, 0.25) is 11.6 Å². The van der Waals surface area contributed by atoms with Crippen molar-refractivity contribution in [3.63, 3.8) is 0 Å². The third-order valence-electron chi connectivity index (χ3n) is 7.24. The Bertz CT molecular complexity index is 2030. The highest BCUT2D eigenvalue weighted by atomic mass is 16.5. The first-order valence-electron chi connectivity index (χ1n) is 13.5. The molecule has 8 heteroatoms. The Kier molecular flexibility index (Phi) is 7.17. The molecule has 0 aliphatic rings. The molecule has 4 heterocycles. The second kappa shape index (κ2) is 11.3. The highest BCUT2D eigenvalue weighted by Crippen LogP contribution is 2.22. The summed E-state index contributed by atoms with van der Waals surface area (Å²) < 4.78 is 14.0. The first-order chi connectivity index (χ1) is 20.8. The summed E-state index contributed by atoms with van der Waals surface area (Å²) in [6.45, 7) is 1.85. The summed E-state index contributed by atoms with van der Waals surface area (Å²) in [6.07, 6.45) is 3.47. The summed E-state index contributed by atoms with van der Waals surface area (Å²) in [7, 11) is 1.28. The monoisotopic (exact) mass is 570 g/mol. The Labute approximate surface area is 246 Å². The maximum Gasteiger partial charge on any atom is 0.338 e. The van der Waals surface area contributed by atoms with E-state index in [4.69, 9.17) is 9.47 Å². The molecule has 0 atom stereocenters. The van der Waals surface area contributed by atoms with Crippen LogP contribution in [0.25, 0.3) is 11.0 Å². The van der Waals surface area contributed by atoms with Gasteiger partial charge in [-0.05, 0) is 49.4 Å². The number of ether oxygens (including phenoxy) is 2. The fourth-order valence-corrected chi connectivity index (χ4v) is 5.03. The van der Waals surface area contributed by atoms with Crippen LogP contribution in [0.2, 0.25) is 0 Å². The minimum absolute atomic E-state index is 0.0968. The number of pyridine rings is 2. The average molecular weight is 571 g/mol. The molecule has 0 unspecified atom stereocenters. The molecule has 6 rings (SSSR count). The second-order valence-corrected chi connectivity index (χ2v) is 10.2. The normalized spacial score (nSPS) is 11.0. The van der Waals surface area contributed by atoms with Crippen LogP contribution < -0.4 is 0 Å². The van der Waals surface area contributed by atoms with Crippen molar-refractivity contribution in [1.29, 1.82) is 0 Å². The number of esters is 2. The van der Waals surface area contributed by atoms with Crippen molar-refractivity contribution in [2.45, 2.75) is 13.5 Å². The summed E-state index contributed by atoms with van der Waals surface area (Å²) in [4.78, 5) is 52.4. The number of nitrogens with zero attached hydrogens (tertiary/aromatic N) is 2. The van der Waals surface area contributed by atoms with E-state index in [9.17, 15) is 19.2 Å². The van der Waals surface area contributed by atoms with Gasteiger partial charge in [-0.3, -0.25) is 9.59 Å². The molecule has 0 saturated heterocycles. The average Bonchev–Trinajstić information content (AvgIpc) is 3.69. The fraction of sp³-hybridized carbons (Fsp3) is 0.0857. The molecule has 0 saturated carbocycles. The van der Waals surface area contributed by atoms with Crippen LogP contribution in [-0.4, -0.2) is 39.4 Å². The van der Waals surface area contributed by atoms with E-state index in [1.807, 2.05) is 31.2 Å². The molecule has 0 aliphatic carbocycles. The van der Waals surface area contributed by atoms with E-state index in [-0.39, 0.29) is 35.0 Å². The van der Waals surface area contributed by atoms with E-state index in [2.05, 4.69) is 0 Å². The van der Waals surface area contributed by atoms with Crippen LogP contribution >= 0.6 is 0 Å². The lowest BCUT2D eigenvalue weighted by Gasteiger charge is -2.10. The number of carbonyl (C=O) groups is 4. The van der Waals surface area contributed by atoms with Gasteiger partial charge in [-0.2, -0.15) is 0 Å². The first-order valence-corrected chi connectivity index (χ1v) is 13.5. The number of carbonyl (C=O) groups excluding carboxylic acids is 4. The van der Waals surface area contributed by atoms with Gasteiger partial charge in [-0.1, -0.05) is 60.2 Å². The molecule has 43 heavy (non-hydrogen) atoms. The van der Waals surface area contributed by atoms with E-state index in [0.29, 0.717) is 33.4 Å². The van der Waals surface area contributed by atoms with Crippen LogP contribution in [-0.2, 0) is 16.1 Å². The predicted octanol–water partition coefficient (Wildman–Crippen LogP) is 6.11. The molecule has 0 spiro atoms. The fourth-order valence-electron chi connectivity index (χ4n) is 5.03. The molecule has 212 valence electrons. The number of methoxy groups -OCH3 is 1. The lowest BCUT2D eigenvalue weighted by atomic mass is 10.0. The summed E-state index contributed by atoms with van der Waals surface area (Å²) >= 11 is 0. The summed E-state index contributed by atoms with van der Waals surface area (Å²) in [6, 6.07) is 27.7. The molecule has 0 bridgehead atoms. The van der Waals surface area contributed by atoms with Crippen LogP contribution in [0.5, 0.6) is 0 Å². The van der Waals surface area contributed by atoms with Crippen LogP contribution in [0.4, 0.5) is 0 Å². The number of aromatic nitrogens is 2. The SMILES string of the molecule is COC(=O)c1cc(C(=O)c2ccccc2)n2cc(COC(=O)c3cc(C(=O)c4ccc(C)cc4)n4cccc4c3)cc2c1. The highest BCUT2D eigenvalue weighted by Gasteiger charge is 2.20. The molecule has 2 aromatic carbocycles. The standard InChI is InChI=1S/C35H26N2O6/c1-22-10-12-25(13-11-22)33(39)30-19-27(16-28-9-6-14-36(28)30)35(41)43-21-23-15-29-17-26(34(40)42-2)18-31(37(29)20-23)32(38)24-7-4-3-5-8-24/h3-20H,21H2,1-2H3. The van der Waals surface area contributed by atoms with Gasteiger partial charge in [-0.15, -0.1) is 0 Å². The number of ketones is 2. The number of benzene rings is 2. The van der Waals surface area contributed by atoms with E-state index >= 15 is 0 Å². The number of hydrogen-bond donors (Lipinski definition) is 0. The zero-order valence-corrected chi connectivity index (χ0v) is 23.4. The zero-order chi connectivity index (χ0) is 30.1.